The highest BCUT2D eigenvalue weighted by Crippen LogP contribution is 2.29. The van der Waals surface area contributed by atoms with Gasteiger partial charge < -0.3 is 9.84 Å². The van der Waals surface area contributed by atoms with Crippen LogP contribution in [0.5, 0.6) is 0 Å². The Hall–Kier alpha value is -2.23. The summed E-state index contributed by atoms with van der Waals surface area (Å²) in [4.78, 5) is 5.38. The first kappa shape index (κ1) is 16.2. The smallest absolute Gasteiger partial charge is 0.268 e. The number of nitrogens with zero attached hydrogens (tertiary/aromatic N) is 4. The molecule has 1 aromatic carbocycles. The van der Waals surface area contributed by atoms with Gasteiger partial charge in [0.05, 0.1) is 10.6 Å². The minimum Gasteiger partial charge on any atom is -0.356 e. The molecule has 6 nitrogen and oxygen atoms in total. The average molecular weight is 388 g/mol. The molecule has 0 spiro atoms. The first-order chi connectivity index (χ1) is 12.4. The molecule has 0 saturated heterocycles. The summed E-state index contributed by atoms with van der Waals surface area (Å²) in [5, 5.41) is 18.4. The van der Waals surface area contributed by atoms with E-state index in [9.17, 15) is 0 Å². The van der Waals surface area contributed by atoms with Gasteiger partial charge >= 0.3 is 0 Å². The highest BCUT2D eigenvalue weighted by atomic mass is 32.2. The van der Waals surface area contributed by atoms with E-state index in [4.69, 9.17) is 4.52 Å². The molecule has 0 aliphatic carbocycles. The normalized spacial score (nSPS) is 10.9. The third kappa shape index (κ3) is 4.25. The molecule has 0 saturated carbocycles. The lowest BCUT2D eigenvalue weighted by atomic mass is 10.2. The molecule has 0 bridgehead atoms. The Morgan fingerprint density at radius 3 is 2.84 bits per heavy atom. The Kier molecular flexibility index (Phi) is 5.05. The van der Waals surface area contributed by atoms with Crippen LogP contribution in [-0.2, 0) is 12.3 Å². The predicted octanol–water partition coefficient (Wildman–Crippen LogP) is 4.55. The van der Waals surface area contributed by atoms with Crippen LogP contribution in [0.4, 0.5) is 5.13 Å². The van der Waals surface area contributed by atoms with Gasteiger partial charge in [-0.2, -0.15) is 4.98 Å². The van der Waals surface area contributed by atoms with Gasteiger partial charge in [-0.3, -0.25) is 0 Å². The van der Waals surface area contributed by atoms with E-state index in [0.29, 0.717) is 17.5 Å². The van der Waals surface area contributed by atoms with E-state index in [1.165, 1.54) is 16.9 Å². The number of hydrogen-bond acceptors (Lipinski definition) is 9. The van der Waals surface area contributed by atoms with E-state index in [-0.39, 0.29) is 0 Å². The molecule has 3 heterocycles. The van der Waals surface area contributed by atoms with Crippen LogP contribution in [0.1, 0.15) is 11.4 Å². The van der Waals surface area contributed by atoms with Crippen LogP contribution < -0.4 is 5.32 Å². The number of rotatable bonds is 7. The lowest BCUT2D eigenvalue weighted by Gasteiger charge is -2.00. The second kappa shape index (κ2) is 7.77. The van der Waals surface area contributed by atoms with Crippen molar-refractivity contribution in [2.45, 2.75) is 16.6 Å². The van der Waals surface area contributed by atoms with Crippen molar-refractivity contribution in [1.29, 1.82) is 0 Å². The third-order valence-corrected chi connectivity index (χ3v) is 6.09. The summed E-state index contributed by atoms with van der Waals surface area (Å²) >= 11 is 4.65. The van der Waals surface area contributed by atoms with Gasteiger partial charge in [0.1, 0.15) is 0 Å². The number of hydrogen-bond donors (Lipinski definition) is 1. The molecule has 0 unspecified atom stereocenters. The first-order valence-corrected chi connectivity index (χ1v) is 10.2. The molecular formula is C16H13N5OS3. The molecule has 4 aromatic rings. The Balaban J connectivity index is 1.31. The molecule has 0 aliphatic rings. The van der Waals surface area contributed by atoms with Gasteiger partial charge in [0, 0.05) is 6.54 Å². The Labute approximate surface area is 156 Å². The Morgan fingerprint density at radius 1 is 1.08 bits per heavy atom. The molecule has 4 rings (SSSR count). The summed E-state index contributed by atoms with van der Waals surface area (Å²) < 4.78 is 6.15. The van der Waals surface area contributed by atoms with Crippen LogP contribution in [-0.4, -0.2) is 20.3 Å². The number of thiophene rings is 1. The van der Waals surface area contributed by atoms with Crippen LogP contribution in [0.3, 0.4) is 0 Å². The summed E-state index contributed by atoms with van der Waals surface area (Å²) in [6.45, 7) is 0.731. The van der Waals surface area contributed by atoms with Gasteiger partial charge in [0.15, 0.2) is 10.2 Å². The number of benzene rings is 1. The zero-order chi connectivity index (χ0) is 16.9. The molecule has 0 radical (unpaired) electrons. The lowest BCUT2D eigenvalue weighted by molar-refractivity contribution is 0.426. The summed E-state index contributed by atoms with van der Waals surface area (Å²) in [5.74, 6) is 1.82. The highest BCUT2D eigenvalue weighted by molar-refractivity contribution is 8.00. The highest BCUT2D eigenvalue weighted by Gasteiger charge is 2.11. The topological polar surface area (TPSA) is 76.7 Å². The lowest BCUT2D eigenvalue weighted by Crippen LogP contribution is -1.98. The maximum absolute atomic E-state index is 5.28. The fourth-order valence-electron chi connectivity index (χ4n) is 2.05. The standard InChI is InChI=1S/C16H13N5OS3/c1-2-5-11(6-3-1)9-17-15-19-20-16(25-15)24-10-13-18-14(22-21-13)12-7-4-8-23-12/h1-8H,9-10H2,(H,17,19). The van der Waals surface area contributed by atoms with Crippen LogP contribution >= 0.6 is 34.4 Å². The van der Waals surface area contributed by atoms with Crippen LogP contribution in [0.2, 0.25) is 0 Å². The van der Waals surface area contributed by atoms with Crippen molar-refractivity contribution in [3.05, 3.63) is 59.2 Å². The van der Waals surface area contributed by atoms with Gasteiger partial charge in [-0.05, 0) is 17.0 Å². The third-order valence-electron chi connectivity index (χ3n) is 3.22. The number of anilines is 1. The molecule has 1 N–H and O–H groups in total. The minimum atomic E-state index is 0.563. The fraction of sp³-hybridized carbons (Fsp3) is 0.125. The quantitative estimate of drug-likeness (QED) is 0.466. The minimum absolute atomic E-state index is 0.563. The maximum atomic E-state index is 5.28. The molecule has 0 atom stereocenters. The van der Waals surface area contributed by atoms with E-state index < -0.39 is 0 Å². The van der Waals surface area contributed by atoms with Gasteiger partial charge in [-0.25, -0.2) is 0 Å². The Morgan fingerprint density at radius 2 is 2.00 bits per heavy atom. The zero-order valence-electron chi connectivity index (χ0n) is 13.0. The predicted molar refractivity (Wildman–Crippen MR) is 101 cm³/mol. The molecule has 0 amide bonds. The molecule has 0 fully saturated rings. The molecule has 0 aliphatic heterocycles. The van der Waals surface area contributed by atoms with Crippen molar-refractivity contribution in [1.82, 2.24) is 20.3 Å². The van der Waals surface area contributed by atoms with E-state index in [0.717, 1.165) is 20.9 Å². The van der Waals surface area contributed by atoms with Crippen LogP contribution in [0.25, 0.3) is 10.8 Å². The SMILES string of the molecule is c1ccc(CNc2nnc(SCc3noc(-c4cccs4)n3)s2)cc1. The van der Waals surface area contributed by atoms with Gasteiger partial charge in [-0.1, -0.05) is 64.7 Å². The number of nitrogens with one attached hydrogen (secondary N) is 1. The van der Waals surface area contributed by atoms with Gasteiger partial charge in [-0.15, -0.1) is 21.5 Å². The second-order valence-corrected chi connectivity index (χ2v) is 8.14. The van der Waals surface area contributed by atoms with Crippen LogP contribution in [0.15, 0.2) is 56.7 Å². The van der Waals surface area contributed by atoms with E-state index in [2.05, 4.69) is 37.8 Å². The molecule has 9 heteroatoms. The molecule has 25 heavy (non-hydrogen) atoms. The van der Waals surface area contributed by atoms with E-state index in [1.54, 1.807) is 23.1 Å². The van der Waals surface area contributed by atoms with Gasteiger partial charge in [0.25, 0.3) is 5.89 Å². The summed E-state index contributed by atoms with van der Waals surface area (Å²) in [6.07, 6.45) is 0. The maximum Gasteiger partial charge on any atom is 0.268 e. The number of thioether (sulfide) groups is 1. The van der Waals surface area contributed by atoms with Crippen molar-refractivity contribution in [3.63, 3.8) is 0 Å². The van der Waals surface area contributed by atoms with Crippen molar-refractivity contribution >= 4 is 39.6 Å². The zero-order valence-corrected chi connectivity index (χ0v) is 15.4. The van der Waals surface area contributed by atoms with E-state index in [1.807, 2.05) is 35.7 Å². The molecule has 126 valence electrons. The summed E-state index contributed by atoms with van der Waals surface area (Å²) in [6, 6.07) is 14.1. The average Bonchev–Trinajstić information content (AvgIpc) is 3.40. The summed E-state index contributed by atoms with van der Waals surface area (Å²) in [7, 11) is 0. The van der Waals surface area contributed by atoms with Crippen molar-refractivity contribution in [3.8, 4) is 10.8 Å². The molecular weight excluding hydrogens is 374 g/mol. The van der Waals surface area contributed by atoms with Crippen molar-refractivity contribution in [2.75, 3.05) is 5.32 Å². The Bertz CT molecular complexity index is 920. The van der Waals surface area contributed by atoms with Crippen LogP contribution in [0, 0.1) is 0 Å². The number of aromatic nitrogens is 4. The van der Waals surface area contributed by atoms with E-state index >= 15 is 0 Å². The monoisotopic (exact) mass is 387 g/mol. The summed E-state index contributed by atoms with van der Waals surface area (Å²) in [5.41, 5.74) is 1.21. The molecule has 3 aromatic heterocycles. The fourth-order valence-corrected chi connectivity index (χ4v) is 4.29. The van der Waals surface area contributed by atoms with Crippen molar-refractivity contribution < 1.29 is 4.52 Å². The van der Waals surface area contributed by atoms with Gasteiger partial charge in [0.2, 0.25) is 5.13 Å². The second-order valence-electron chi connectivity index (χ2n) is 4.99. The largest absolute Gasteiger partial charge is 0.356 e. The van der Waals surface area contributed by atoms with Crippen molar-refractivity contribution in [2.24, 2.45) is 0 Å². The first-order valence-electron chi connectivity index (χ1n) is 7.47.